The number of unbranched alkanes of at least 4 members (excludes halogenated alkanes) is 6. The van der Waals surface area contributed by atoms with Crippen LogP contribution in [0.15, 0.2) is 12.2 Å². The average molecular weight is 386 g/mol. The fourth-order valence-electron chi connectivity index (χ4n) is 3.00. The van der Waals surface area contributed by atoms with Crippen LogP contribution in [0.4, 0.5) is 0 Å². The molecule has 0 rings (SSSR count). The van der Waals surface area contributed by atoms with E-state index in [9.17, 15) is 14.7 Å². The van der Waals surface area contributed by atoms with Gasteiger partial charge in [-0.05, 0) is 33.1 Å². The molecule has 6 nitrogen and oxygen atoms in total. The maximum Gasteiger partial charge on any atom is 0.333 e. The van der Waals surface area contributed by atoms with Gasteiger partial charge < -0.3 is 20.3 Å². The van der Waals surface area contributed by atoms with Gasteiger partial charge in [-0.3, -0.25) is 4.79 Å². The van der Waals surface area contributed by atoms with Gasteiger partial charge in [0, 0.05) is 5.57 Å². The monoisotopic (exact) mass is 385 g/mol. The molecule has 6 heteroatoms. The minimum Gasteiger partial charge on any atom is -0.455 e. The minimum absolute atomic E-state index is 0.0606. The van der Waals surface area contributed by atoms with Crippen LogP contribution in [-0.2, 0) is 19.1 Å². The number of hydrogen-bond donors (Lipinski definition) is 2. The quantitative estimate of drug-likeness (QED) is 0.240. The third-order valence-corrected chi connectivity index (χ3v) is 4.71. The van der Waals surface area contributed by atoms with Crippen LogP contribution in [0.5, 0.6) is 0 Å². The van der Waals surface area contributed by atoms with Crippen LogP contribution in [0.25, 0.3) is 0 Å². The second kappa shape index (κ2) is 13.7. The molecular weight excluding hydrogens is 346 g/mol. The van der Waals surface area contributed by atoms with E-state index in [1.165, 1.54) is 25.7 Å². The van der Waals surface area contributed by atoms with Crippen molar-refractivity contribution in [3.63, 3.8) is 0 Å². The number of aliphatic hydroxyl groups is 1. The Kier molecular flexibility index (Phi) is 13.0. The number of hydrogen-bond acceptors (Lipinski definition) is 5. The normalized spacial score (nSPS) is 15.6. The first-order chi connectivity index (χ1) is 12.7. The van der Waals surface area contributed by atoms with Crippen molar-refractivity contribution in [2.75, 3.05) is 6.61 Å². The summed E-state index contributed by atoms with van der Waals surface area (Å²) in [4.78, 5) is 24.4. The molecule has 0 radical (unpaired) electrons. The molecule has 0 aliphatic heterocycles. The number of carbonyl (C=O) groups is 2. The lowest BCUT2D eigenvalue weighted by Gasteiger charge is -2.37. The van der Waals surface area contributed by atoms with Crippen molar-refractivity contribution in [3.8, 4) is 0 Å². The van der Waals surface area contributed by atoms with Gasteiger partial charge in [0.05, 0.1) is 12.7 Å². The molecule has 3 atom stereocenters. The summed E-state index contributed by atoms with van der Waals surface area (Å²) >= 11 is 0. The maximum atomic E-state index is 12.3. The molecule has 0 aromatic carbocycles. The molecule has 0 spiro atoms. The maximum absolute atomic E-state index is 12.3. The number of esters is 1. The predicted molar refractivity (Wildman–Crippen MR) is 107 cm³/mol. The molecule has 3 unspecified atom stereocenters. The van der Waals surface area contributed by atoms with Gasteiger partial charge in [-0.2, -0.15) is 0 Å². The van der Waals surface area contributed by atoms with Crippen molar-refractivity contribution in [1.82, 2.24) is 0 Å². The Morgan fingerprint density at radius 3 is 2.11 bits per heavy atom. The number of aliphatic hydroxyl groups excluding tert-OH is 1. The van der Waals surface area contributed by atoms with Crippen LogP contribution in [-0.4, -0.2) is 41.4 Å². The Bertz CT molecular complexity index is 463. The van der Waals surface area contributed by atoms with Crippen molar-refractivity contribution in [3.05, 3.63) is 12.2 Å². The van der Waals surface area contributed by atoms with Gasteiger partial charge in [0.2, 0.25) is 0 Å². The lowest BCUT2D eigenvalue weighted by molar-refractivity contribution is -0.184. The lowest BCUT2D eigenvalue weighted by Crippen LogP contribution is -2.57. The molecule has 0 aliphatic rings. The summed E-state index contributed by atoms with van der Waals surface area (Å²) in [6.45, 7) is 10.6. The van der Waals surface area contributed by atoms with E-state index in [0.717, 1.165) is 19.3 Å². The van der Waals surface area contributed by atoms with E-state index >= 15 is 0 Å². The molecule has 1 amide bonds. The van der Waals surface area contributed by atoms with Crippen LogP contribution in [0.3, 0.4) is 0 Å². The number of rotatable bonds is 16. The second-order valence-corrected chi connectivity index (χ2v) is 7.35. The van der Waals surface area contributed by atoms with Gasteiger partial charge in [-0.25, -0.2) is 4.79 Å². The van der Waals surface area contributed by atoms with Crippen molar-refractivity contribution in [2.45, 2.75) is 103 Å². The first kappa shape index (κ1) is 25.6. The molecule has 0 saturated carbocycles. The molecule has 0 bridgehead atoms. The molecule has 27 heavy (non-hydrogen) atoms. The van der Waals surface area contributed by atoms with Gasteiger partial charge in [0.1, 0.15) is 6.10 Å². The van der Waals surface area contributed by atoms with Gasteiger partial charge >= 0.3 is 5.97 Å². The van der Waals surface area contributed by atoms with Gasteiger partial charge in [-0.15, -0.1) is 0 Å². The fourth-order valence-corrected chi connectivity index (χ4v) is 3.00. The zero-order valence-corrected chi connectivity index (χ0v) is 17.6. The second-order valence-electron chi connectivity index (χ2n) is 7.35. The first-order valence-corrected chi connectivity index (χ1v) is 10.2. The summed E-state index contributed by atoms with van der Waals surface area (Å²) in [6, 6.07) is 0. The first-order valence-electron chi connectivity index (χ1n) is 10.2. The fraction of sp³-hybridized carbons (Fsp3) is 0.810. The molecule has 0 aliphatic carbocycles. The van der Waals surface area contributed by atoms with E-state index in [1.54, 1.807) is 20.8 Å². The largest absolute Gasteiger partial charge is 0.455 e. The zero-order chi connectivity index (χ0) is 20.9. The molecule has 0 aromatic heterocycles. The Morgan fingerprint density at radius 1 is 1.11 bits per heavy atom. The van der Waals surface area contributed by atoms with Crippen LogP contribution in [0, 0.1) is 0 Å². The van der Waals surface area contributed by atoms with Gasteiger partial charge in [-0.1, -0.05) is 59.0 Å². The van der Waals surface area contributed by atoms with Crippen molar-refractivity contribution in [2.24, 2.45) is 5.73 Å². The van der Waals surface area contributed by atoms with Crippen LogP contribution >= 0.6 is 0 Å². The summed E-state index contributed by atoms with van der Waals surface area (Å²) in [5, 5.41) is 9.56. The van der Waals surface area contributed by atoms with E-state index in [2.05, 4.69) is 13.5 Å². The number of primary amides is 1. The molecule has 0 aromatic rings. The standard InChI is InChI=1S/C21H39NO5/c1-6-8-9-10-11-12-13-14-18(27-19(24)16(3)4)21(7-2,20(22)25)26-15-17(5)23/h17-18,23H,3,6-15H2,1-2,4-5H3,(H2,22,25). The number of amides is 1. The van der Waals surface area contributed by atoms with Crippen molar-refractivity contribution >= 4 is 11.9 Å². The van der Waals surface area contributed by atoms with Crippen molar-refractivity contribution < 1.29 is 24.2 Å². The predicted octanol–water partition coefficient (Wildman–Crippen LogP) is 3.65. The van der Waals surface area contributed by atoms with Gasteiger partial charge in [0.15, 0.2) is 5.60 Å². The highest BCUT2D eigenvalue weighted by Crippen LogP contribution is 2.29. The van der Waals surface area contributed by atoms with E-state index < -0.39 is 29.7 Å². The number of carbonyl (C=O) groups excluding carboxylic acids is 2. The average Bonchev–Trinajstić information content (AvgIpc) is 2.60. The van der Waals surface area contributed by atoms with E-state index in [-0.39, 0.29) is 18.6 Å². The molecule has 0 heterocycles. The summed E-state index contributed by atoms with van der Waals surface area (Å²) in [5.41, 5.74) is 4.45. The summed E-state index contributed by atoms with van der Waals surface area (Å²) in [7, 11) is 0. The highest BCUT2D eigenvalue weighted by molar-refractivity contribution is 5.88. The third-order valence-electron chi connectivity index (χ3n) is 4.71. The number of ether oxygens (including phenoxy) is 2. The Balaban J connectivity index is 5.12. The number of nitrogens with two attached hydrogens (primary N) is 1. The third kappa shape index (κ3) is 9.38. The molecule has 0 saturated heterocycles. The van der Waals surface area contributed by atoms with Crippen molar-refractivity contribution in [1.29, 1.82) is 0 Å². The van der Waals surface area contributed by atoms with Crippen LogP contribution < -0.4 is 5.73 Å². The molecule has 158 valence electrons. The Morgan fingerprint density at radius 2 is 1.67 bits per heavy atom. The molecule has 3 N–H and O–H groups in total. The van der Waals surface area contributed by atoms with E-state index in [1.807, 2.05) is 0 Å². The topological polar surface area (TPSA) is 98.8 Å². The Hall–Kier alpha value is -1.40. The van der Waals surface area contributed by atoms with Gasteiger partial charge in [0.25, 0.3) is 5.91 Å². The van der Waals surface area contributed by atoms with Crippen LogP contribution in [0.2, 0.25) is 0 Å². The molecule has 0 fully saturated rings. The highest BCUT2D eigenvalue weighted by atomic mass is 16.6. The minimum atomic E-state index is -1.45. The van der Waals surface area contributed by atoms with E-state index in [4.69, 9.17) is 15.2 Å². The highest BCUT2D eigenvalue weighted by Gasteiger charge is 2.46. The van der Waals surface area contributed by atoms with E-state index in [0.29, 0.717) is 6.42 Å². The summed E-state index contributed by atoms with van der Waals surface area (Å²) < 4.78 is 11.3. The SMILES string of the molecule is C=C(C)C(=O)OC(CCCCCCCCC)C(CC)(OCC(C)O)C(N)=O. The van der Waals surface area contributed by atoms with Crippen LogP contribution in [0.1, 0.15) is 85.5 Å². The smallest absolute Gasteiger partial charge is 0.333 e. The summed E-state index contributed by atoms with van der Waals surface area (Å²) in [6.07, 6.45) is 6.90. The summed E-state index contributed by atoms with van der Waals surface area (Å²) in [5.74, 6) is -1.25. The zero-order valence-electron chi connectivity index (χ0n) is 17.6. The Labute approximate surface area is 164 Å². The lowest BCUT2D eigenvalue weighted by atomic mass is 9.88. The molecular formula is C21H39NO5.